The Labute approximate surface area is 114 Å². The van der Waals surface area contributed by atoms with Gasteiger partial charge in [0.1, 0.15) is 0 Å². The molecular weight excluding hydrogens is 261 g/mol. The molecule has 0 heterocycles. The van der Waals surface area contributed by atoms with Gasteiger partial charge in [-0.05, 0) is 30.9 Å². The maximum Gasteiger partial charge on any atom is 0.164 e. The number of methoxy groups -OCH3 is 2. The zero-order chi connectivity index (χ0) is 10.8. The van der Waals surface area contributed by atoms with Crippen LogP contribution in [0.4, 0.5) is 0 Å². The van der Waals surface area contributed by atoms with Gasteiger partial charge in [0.25, 0.3) is 0 Å². The average Bonchev–Trinajstić information content (AvgIpc) is 2.27. The van der Waals surface area contributed by atoms with E-state index in [0.717, 1.165) is 30.8 Å². The van der Waals surface area contributed by atoms with Crippen LogP contribution < -0.4 is 15.2 Å². The Hall–Kier alpha value is -0.640. The Morgan fingerprint density at radius 2 is 1.88 bits per heavy atom. The van der Waals surface area contributed by atoms with Crippen molar-refractivity contribution in [3.05, 3.63) is 23.3 Å². The molecule has 1 aromatic carbocycles. The SMILES string of the molecule is COc1ccc2c(c1OC)CCC(N)C2.Cl.Cl. The highest BCUT2D eigenvalue weighted by Gasteiger charge is 2.21. The summed E-state index contributed by atoms with van der Waals surface area (Å²) < 4.78 is 10.7. The number of hydrogen-bond donors (Lipinski definition) is 1. The van der Waals surface area contributed by atoms with Crippen LogP contribution in [-0.4, -0.2) is 20.3 Å². The Morgan fingerprint density at radius 1 is 1.18 bits per heavy atom. The smallest absolute Gasteiger partial charge is 0.164 e. The minimum Gasteiger partial charge on any atom is -0.493 e. The first-order chi connectivity index (χ1) is 7.26. The minimum absolute atomic E-state index is 0. The molecule has 0 bridgehead atoms. The molecule has 1 unspecified atom stereocenters. The lowest BCUT2D eigenvalue weighted by molar-refractivity contribution is 0.348. The third-order valence-corrected chi connectivity index (χ3v) is 2.99. The number of benzene rings is 1. The average molecular weight is 280 g/mol. The molecule has 0 radical (unpaired) electrons. The summed E-state index contributed by atoms with van der Waals surface area (Å²) in [6.07, 6.45) is 2.95. The fourth-order valence-corrected chi connectivity index (χ4v) is 2.21. The van der Waals surface area contributed by atoms with Crippen LogP contribution in [-0.2, 0) is 12.8 Å². The highest BCUT2D eigenvalue weighted by molar-refractivity contribution is 5.85. The van der Waals surface area contributed by atoms with Crippen LogP contribution in [0.15, 0.2) is 12.1 Å². The second-order valence-corrected chi connectivity index (χ2v) is 3.94. The normalized spacial score (nSPS) is 17.2. The number of rotatable bonds is 2. The van der Waals surface area contributed by atoms with E-state index in [0.29, 0.717) is 0 Å². The number of fused-ring (bicyclic) bond motifs is 1. The number of hydrogen-bond acceptors (Lipinski definition) is 3. The first-order valence-corrected chi connectivity index (χ1v) is 5.24. The summed E-state index contributed by atoms with van der Waals surface area (Å²) >= 11 is 0. The van der Waals surface area contributed by atoms with Crippen LogP contribution >= 0.6 is 24.8 Å². The molecular formula is C12H19Cl2NO2. The predicted molar refractivity (Wildman–Crippen MR) is 74.0 cm³/mol. The van der Waals surface area contributed by atoms with Crippen molar-refractivity contribution in [3.8, 4) is 11.5 Å². The first kappa shape index (κ1) is 16.4. The quantitative estimate of drug-likeness (QED) is 0.904. The van der Waals surface area contributed by atoms with Crippen molar-refractivity contribution in [2.75, 3.05) is 14.2 Å². The molecule has 2 rings (SSSR count). The molecule has 0 spiro atoms. The maximum atomic E-state index is 5.94. The van der Waals surface area contributed by atoms with Gasteiger partial charge in [0.2, 0.25) is 0 Å². The van der Waals surface area contributed by atoms with E-state index in [9.17, 15) is 0 Å². The van der Waals surface area contributed by atoms with Crippen LogP contribution in [0.1, 0.15) is 17.5 Å². The van der Waals surface area contributed by atoms with E-state index in [1.807, 2.05) is 6.07 Å². The number of nitrogens with two attached hydrogens (primary N) is 1. The van der Waals surface area contributed by atoms with Gasteiger partial charge in [0.15, 0.2) is 11.5 Å². The molecule has 0 saturated heterocycles. The highest BCUT2D eigenvalue weighted by atomic mass is 35.5. The van der Waals surface area contributed by atoms with Crippen molar-refractivity contribution < 1.29 is 9.47 Å². The molecule has 0 amide bonds. The summed E-state index contributed by atoms with van der Waals surface area (Å²) in [5.41, 5.74) is 8.50. The highest BCUT2D eigenvalue weighted by Crippen LogP contribution is 2.36. The third-order valence-electron chi connectivity index (χ3n) is 2.99. The maximum absolute atomic E-state index is 5.94. The third kappa shape index (κ3) is 3.18. The van der Waals surface area contributed by atoms with Crippen molar-refractivity contribution in [2.24, 2.45) is 5.73 Å². The lowest BCUT2D eigenvalue weighted by Gasteiger charge is -2.24. The molecule has 17 heavy (non-hydrogen) atoms. The lowest BCUT2D eigenvalue weighted by Crippen LogP contribution is -2.28. The van der Waals surface area contributed by atoms with Gasteiger partial charge < -0.3 is 15.2 Å². The summed E-state index contributed by atoms with van der Waals surface area (Å²) in [4.78, 5) is 0. The van der Waals surface area contributed by atoms with Gasteiger partial charge in [-0.15, -0.1) is 24.8 Å². The fourth-order valence-electron chi connectivity index (χ4n) is 2.21. The van der Waals surface area contributed by atoms with E-state index in [4.69, 9.17) is 15.2 Å². The van der Waals surface area contributed by atoms with E-state index in [2.05, 4.69) is 6.07 Å². The number of ether oxygens (including phenoxy) is 2. The summed E-state index contributed by atoms with van der Waals surface area (Å²) in [6.45, 7) is 0. The van der Waals surface area contributed by atoms with Crippen LogP contribution in [0.25, 0.3) is 0 Å². The topological polar surface area (TPSA) is 44.5 Å². The summed E-state index contributed by atoms with van der Waals surface area (Å²) in [5.74, 6) is 1.69. The Kier molecular flexibility index (Phi) is 6.68. The standard InChI is InChI=1S/C12H17NO2.2ClH/c1-14-11-6-3-8-7-9(13)4-5-10(8)12(11)15-2;;/h3,6,9H,4-5,7,13H2,1-2H3;2*1H. The van der Waals surface area contributed by atoms with E-state index >= 15 is 0 Å². The van der Waals surface area contributed by atoms with Crippen molar-refractivity contribution in [1.82, 2.24) is 0 Å². The monoisotopic (exact) mass is 279 g/mol. The van der Waals surface area contributed by atoms with Crippen LogP contribution in [0.5, 0.6) is 11.5 Å². The van der Waals surface area contributed by atoms with E-state index < -0.39 is 0 Å². The largest absolute Gasteiger partial charge is 0.493 e. The Bertz CT molecular complexity index is 372. The molecule has 1 aliphatic rings. The molecule has 2 N–H and O–H groups in total. The molecule has 1 atom stereocenters. The summed E-state index contributed by atoms with van der Waals surface area (Å²) in [7, 11) is 3.35. The molecule has 0 aliphatic heterocycles. The van der Waals surface area contributed by atoms with Gasteiger partial charge in [0, 0.05) is 11.6 Å². The van der Waals surface area contributed by atoms with Crippen LogP contribution in [0.2, 0.25) is 0 Å². The van der Waals surface area contributed by atoms with E-state index in [1.165, 1.54) is 11.1 Å². The zero-order valence-electron chi connectivity index (χ0n) is 10.1. The van der Waals surface area contributed by atoms with Gasteiger partial charge in [0.05, 0.1) is 14.2 Å². The van der Waals surface area contributed by atoms with Crippen molar-refractivity contribution in [3.63, 3.8) is 0 Å². The molecule has 1 aromatic rings. The first-order valence-electron chi connectivity index (χ1n) is 5.24. The molecule has 98 valence electrons. The predicted octanol–water partition coefficient (Wildman–Crippen LogP) is 2.36. The lowest BCUT2D eigenvalue weighted by atomic mass is 9.88. The second kappa shape index (κ2) is 6.94. The van der Waals surface area contributed by atoms with Gasteiger partial charge >= 0.3 is 0 Å². The number of halogens is 2. The van der Waals surface area contributed by atoms with Gasteiger partial charge in [-0.3, -0.25) is 0 Å². The molecule has 0 saturated carbocycles. The Morgan fingerprint density at radius 3 is 2.47 bits per heavy atom. The van der Waals surface area contributed by atoms with Crippen molar-refractivity contribution in [1.29, 1.82) is 0 Å². The minimum atomic E-state index is 0. The van der Waals surface area contributed by atoms with Crippen LogP contribution in [0, 0.1) is 0 Å². The van der Waals surface area contributed by atoms with Crippen LogP contribution in [0.3, 0.4) is 0 Å². The molecule has 0 aromatic heterocycles. The second-order valence-electron chi connectivity index (χ2n) is 3.94. The van der Waals surface area contributed by atoms with Gasteiger partial charge in [-0.1, -0.05) is 6.07 Å². The summed E-state index contributed by atoms with van der Waals surface area (Å²) in [5, 5.41) is 0. The molecule has 3 nitrogen and oxygen atoms in total. The van der Waals surface area contributed by atoms with Gasteiger partial charge in [-0.2, -0.15) is 0 Å². The van der Waals surface area contributed by atoms with Crippen molar-refractivity contribution in [2.45, 2.75) is 25.3 Å². The molecule has 1 aliphatic carbocycles. The molecule has 0 fully saturated rings. The molecule has 5 heteroatoms. The summed E-state index contributed by atoms with van der Waals surface area (Å²) in [6, 6.07) is 4.33. The fraction of sp³-hybridized carbons (Fsp3) is 0.500. The van der Waals surface area contributed by atoms with Gasteiger partial charge in [-0.25, -0.2) is 0 Å². The van der Waals surface area contributed by atoms with E-state index in [1.54, 1.807) is 14.2 Å². The Balaban J connectivity index is 0.00000128. The van der Waals surface area contributed by atoms with Crippen molar-refractivity contribution >= 4 is 24.8 Å². The van der Waals surface area contributed by atoms with E-state index in [-0.39, 0.29) is 30.9 Å². The zero-order valence-corrected chi connectivity index (χ0v) is 11.7.